The third kappa shape index (κ3) is 8.27. The molecule has 0 unspecified atom stereocenters. The maximum atomic E-state index is 12.1. The van der Waals surface area contributed by atoms with Gasteiger partial charge >= 0.3 is 12.1 Å². The van der Waals surface area contributed by atoms with E-state index in [1.807, 2.05) is 50.5 Å². The van der Waals surface area contributed by atoms with Crippen molar-refractivity contribution in [1.29, 1.82) is 0 Å². The lowest BCUT2D eigenvalue weighted by Crippen LogP contribution is -2.36. The van der Waals surface area contributed by atoms with Crippen LogP contribution in [-0.4, -0.2) is 44.3 Å². The highest BCUT2D eigenvalue weighted by Crippen LogP contribution is 2.05. The fourth-order valence-electron chi connectivity index (χ4n) is 3.52. The summed E-state index contributed by atoms with van der Waals surface area (Å²) in [6, 6.07) is 7.40. The number of hydrogen-bond acceptors (Lipinski definition) is 4. The highest BCUT2D eigenvalue weighted by Gasteiger charge is 2.04. The molecule has 2 heterocycles. The number of urea groups is 2. The highest BCUT2D eigenvalue weighted by molar-refractivity contribution is 5.74. The number of amides is 4. The maximum absolute atomic E-state index is 12.1. The second-order valence-corrected chi connectivity index (χ2v) is 8.08. The lowest BCUT2D eigenvalue weighted by molar-refractivity contribution is 0.239. The van der Waals surface area contributed by atoms with Crippen molar-refractivity contribution in [2.24, 2.45) is 0 Å². The van der Waals surface area contributed by atoms with Gasteiger partial charge in [0.2, 0.25) is 0 Å². The Labute approximate surface area is 200 Å². The summed E-state index contributed by atoms with van der Waals surface area (Å²) in [5, 5.41) is 11.5. The third-order valence-corrected chi connectivity index (χ3v) is 5.47. The number of aryl methyl sites for hydroxylation is 4. The molecule has 0 saturated heterocycles. The molecule has 3 rings (SSSR count). The highest BCUT2D eigenvalue weighted by atomic mass is 16.2. The zero-order chi connectivity index (χ0) is 24.2. The topological polar surface area (TPSA) is 118 Å². The molecule has 10 heteroatoms. The van der Waals surface area contributed by atoms with E-state index in [0.29, 0.717) is 26.2 Å². The fraction of sp³-hybridized carbons (Fsp3) is 0.417. The Bertz CT molecular complexity index is 979. The third-order valence-electron chi connectivity index (χ3n) is 5.47. The van der Waals surface area contributed by atoms with Gasteiger partial charge in [-0.2, -0.15) is 0 Å². The fourth-order valence-corrected chi connectivity index (χ4v) is 3.52. The van der Waals surface area contributed by atoms with Gasteiger partial charge in [0.25, 0.3) is 0 Å². The van der Waals surface area contributed by atoms with E-state index in [1.165, 1.54) is 0 Å². The molecule has 0 aliphatic carbocycles. The monoisotopic (exact) mass is 466 g/mol. The molecular formula is C24H34N8O2. The maximum Gasteiger partial charge on any atom is 0.315 e. The van der Waals surface area contributed by atoms with Gasteiger partial charge in [-0.25, -0.2) is 19.6 Å². The van der Waals surface area contributed by atoms with Crippen LogP contribution in [0.1, 0.15) is 35.6 Å². The molecule has 0 aliphatic heterocycles. The molecule has 0 fully saturated rings. The Hall–Kier alpha value is -3.82. The first-order valence-corrected chi connectivity index (χ1v) is 11.6. The lowest BCUT2D eigenvalue weighted by Gasteiger charge is -2.11. The summed E-state index contributed by atoms with van der Waals surface area (Å²) in [6.45, 7) is 7.57. The number of imidazole rings is 2. The number of benzene rings is 1. The van der Waals surface area contributed by atoms with E-state index in [4.69, 9.17) is 0 Å². The van der Waals surface area contributed by atoms with Gasteiger partial charge < -0.3 is 30.4 Å². The average Bonchev–Trinajstić information content (AvgIpc) is 3.44. The molecule has 0 aliphatic rings. The Morgan fingerprint density at radius 1 is 0.765 bits per heavy atom. The molecule has 0 spiro atoms. The van der Waals surface area contributed by atoms with Crippen molar-refractivity contribution in [1.82, 2.24) is 40.4 Å². The van der Waals surface area contributed by atoms with Crippen LogP contribution in [0.5, 0.6) is 0 Å². The molecule has 34 heavy (non-hydrogen) atoms. The van der Waals surface area contributed by atoms with E-state index in [-0.39, 0.29) is 12.1 Å². The van der Waals surface area contributed by atoms with Crippen molar-refractivity contribution in [3.8, 4) is 0 Å². The van der Waals surface area contributed by atoms with E-state index in [2.05, 4.69) is 40.4 Å². The summed E-state index contributed by atoms with van der Waals surface area (Å²) in [4.78, 5) is 32.5. The SMILES string of the molecule is Cc1nccn1CCCNC(=O)NCc1cccc(CNC(=O)NCCCn2ccnc2C)c1. The molecule has 2 aromatic heterocycles. The minimum atomic E-state index is -0.198. The molecule has 182 valence electrons. The van der Waals surface area contributed by atoms with Crippen LogP contribution in [0.4, 0.5) is 9.59 Å². The Morgan fingerprint density at radius 2 is 1.24 bits per heavy atom. The number of hydrogen-bond donors (Lipinski definition) is 4. The normalized spacial score (nSPS) is 10.6. The largest absolute Gasteiger partial charge is 0.338 e. The van der Waals surface area contributed by atoms with E-state index in [1.54, 1.807) is 12.4 Å². The van der Waals surface area contributed by atoms with Crippen LogP contribution in [0, 0.1) is 13.8 Å². The van der Waals surface area contributed by atoms with Crippen molar-refractivity contribution in [2.45, 2.75) is 52.9 Å². The van der Waals surface area contributed by atoms with Crippen molar-refractivity contribution in [2.75, 3.05) is 13.1 Å². The number of carbonyl (C=O) groups excluding carboxylic acids is 2. The smallest absolute Gasteiger partial charge is 0.315 e. The predicted molar refractivity (Wildman–Crippen MR) is 130 cm³/mol. The van der Waals surface area contributed by atoms with Gasteiger partial charge in [0, 0.05) is 64.1 Å². The van der Waals surface area contributed by atoms with E-state index in [9.17, 15) is 9.59 Å². The Kier molecular flexibility index (Phi) is 9.51. The van der Waals surface area contributed by atoms with Gasteiger partial charge in [-0.15, -0.1) is 0 Å². The molecule has 3 aromatic rings. The van der Waals surface area contributed by atoms with Crippen LogP contribution in [0.25, 0.3) is 0 Å². The zero-order valence-corrected chi connectivity index (χ0v) is 19.9. The first kappa shape index (κ1) is 24.8. The van der Waals surface area contributed by atoms with Crippen LogP contribution in [0.2, 0.25) is 0 Å². The second-order valence-electron chi connectivity index (χ2n) is 8.08. The number of carbonyl (C=O) groups is 2. The van der Waals surface area contributed by atoms with Gasteiger partial charge in [-0.3, -0.25) is 0 Å². The molecule has 0 saturated carbocycles. The van der Waals surface area contributed by atoms with Crippen LogP contribution in [0.3, 0.4) is 0 Å². The molecule has 1 aromatic carbocycles. The first-order valence-electron chi connectivity index (χ1n) is 11.6. The molecule has 4 amide bonds. The van der Waals surface area contributed by atoms with Crippen molar-refractivity contribution >= 4 is 12.1 Å². The summed E-state index contributed by atoms with van der Waals surface area (Å²) in [6.07, 6.45) is 9.08. The van der Waals surface area contributed by atoms with Crippen LogP contribution in [0.15, 0.2) is 49.1 Å². The number of nitrogens with one attached hydrogen (secondary N) is 4. The standard InChI is InChI=1S/C24H34N8O2/c1-19-25-10-14-31(19)12-4-8-27-23(33)29-17-21-6-3-7-22(16-21)18-30-24(34)28-9-5-13-32-15-11-26-20(32)2/h3,6-7,10-11,14-16H,4-5,8-9,12-13,17-18H2,1-2H3,(H2,27,29,33)(H2,28,30,34). The van der Waals surface area contributed by atoms with E-state index in [0.717, 1.165) is 48.7 Å². The Balaban J connectivity index is 1.28. The van der Waals surface area contributed by atoms with Gasteiger partial charge in [0.05, 0.1) is 0 Å². The van der Waals surface area contributed by atoms with Crippen LogP contribution < -0.4 is 21.3 Å². The minimum absolute atomic E-state index is 0.198. The van der Waals surface area contributed by atoms with Crippen LogP contribution in [-0.2, 0) is 26.2 Å². The van der Waals surface area contributed by atoms with Crippen LogP contribution >= 0.6 is 0 Å². The quantitative estimate of drug-likeness (QED) is 0.307. The molecule has 0 atom stereocenters. The number of nitrogens with zero attached hydrogens (tertiary/aromatic N) is 4. The van der Waals surface area contributed by atoms with Gasteiger partial charge in [0.1, 0.15) is 11.6 Å². The molecule has 10 nitrogen and oxygen atoms in total. The van der Waals surface area contributed by atoms with Gasteiger partial charge in [0.15, 0.2) is 0 Å². The molecular weight excluding hydrogens is 432 g/mol. The average molecular weight is 467 g/mol. The van der Waals surface area contributed by atoms with Crippen molar-refractivity contribution in [3.05, 3.63) is 71.8 Å². The predicted octanol–water partition coefficient (Wildman–Crippen LogP) is 2.48. The summed E-state index contributed by atoms with van der Waals surface area (Å²) in [5.41, 5.74) is 1.94. The summed E-state index contributed by atoms with van der Waals surface area (Å²) < 4.78 is 4.11. The number of rotatable bonds is 12. The second kappa shape index (κ2) is 13.0. The van der Waals surface area contributed by atoms with Gasteiger partial charge in [-0.05, 0) is 37.8 Å². The first-order chi connectivity index (χ1) is 16.5. The zero-order valence-electron chi connectivity index (χ0n) is 19.9. The van der Waals surface area contributed by atoms with Crippen molar-refractivity contribution < 1.29 is 9.59 Å². The summed E-state index contributed by atoms with van der Waals surface area (Å²) in [5.74, 6) is 1.94. The van der Waals surface area contributed by atoms with Crippen molar-refractivity contribution in [3.63, 3.8) is 0 Å². The van der Waals surface area contributed by atoms with E-state index >= 15 is 0 Å². The molecule has 0 bridgehead atoms. The molecule has 0 radical (unpaired) electrons. The summed E-state index contributed by atoms with van der Waals surface area (Å²) >= 11 is 0. The minimum Gasteiger partial charge on any atom is -0.338 e. The van der Waals surface area contributed by atoms with Gasteiger partial charge in [-0.1, -0.05) is 24.3 Å². The Morgan fingerprint density at radius 3 is 1.65 bits per heavy atom. The van der Waals surface area contributed by atoms with E-state index < -0.39 is 0 Å². The molecule has 4 N–H and O–H groups in total. The lowest BCUT2D eigenvalue weighted by atomic mass is 10.1. The number of aromatic nitrogens is 4. The summed E-state index contributed by atoms with van der Waals surface area (Å²) in [7, 11) is 0.